The van der Waals surface area contributed by atoms with Gasteiger partial charge in [0.15, 0.2) is 6.10 Å². The van der Waals surface area contributed by atoms with Crippen molar-refractivity contribution < 1.29 is 27.7 Å². The van der Waals surface area contributed by atoms with Crippen LogP contribution < -0.4 is 10.0 Å². The van der Waals surface area contributed by atoms with Gasteiger partial charge in [-0.15, -0.1) is 0 Å². The number of anilines is 1. The molecule has 4 bridgehead atoms. The molecule has 1 atom stereocenters. The third-order valence-electron chi connectivity index (χ3n) is 8.12. The highest BCUT2D eigenvalue weighted by atomic mass is 32.2. The Labute approximate surface area is 221 Å². The van der Waals surface area contributed by atoms with Crippen LogP contribution in [-0.2, 0) is 19.6 Å². The van der Waals surface area contributed by atoms with Crippen LogP contribution in [0.25, 0.3) is 0 Å². The molecule has 11 heteroatoms. The number of nitrogens with zero attached hydrogens (tertiary/aromatic N) is 1. The van der Waals surface area contributed by atoms with Crippen molar-refractivity contribution in [3.63, 3.8) is 0 Å². The SMILES string of the molecule is Cc1ccc([N+](=O)[O-])cc1S(=O)(=O)Nc1ccc(C(=O)OC(C)C(=O)NC23CC4CC(CC(C4)C2)C3)cc1. The number of carbonyl (C=O) groups excluding carboxylic acids is 2. The number of non-ortho nitro benzene ring substituents is 1. The summed E-state index contributed by atoms with van der Waals surface area (Å²) in [6.45, 7) is 3.09. The van der Waals surface area contributed by atoms with Crippen LogP contribution in [0, 0.1) is 34.8 Å². The maximum absolute atomic E-state index is 12.9. The van der Waals surface area contributed by atoms with Gasteiger partial charge in [-0.1, -0.05) is 6.07 Å². The van der Waals surface area contributed by atoms with Crippen molar-refractivity contribution >= 4 is 33.3 Å². The maximum atomic E-state index is 12.9. The van der Waals surface area contributed by atoms with Crippen molar-refractivity contribution in [2.45, 2.75) is 68.9 Å². The maximum Gasteiger partial charge on any atom is 0.338 e. The molecule has 6 rings (SSSR count). The van der Waals surface area contributed by atoms with Gasteiger partial charge in [0.2, 0.25) is 0 Å². The number of hydrogen-bond donors (Lipinski definition) is 2. The van der Waals surface area contributed by atoms with E-state index in [0.717, 1.165) is 25.3 Å². The van der Waals surface area contributed by atoms with Gasteiger partial charge in [-0.05, 0) is 100.0 Å². The van der Waals surface area contributed by atoms with Crippen LogP contribution in [-0.4, -0.2) is 36.9 Å². The number of nitro groups is 1. The van der Waals surface area contributed by atoms with Crippen LogP contribution in [0.4, 0.5) is 11.4 Å². The van der Waals surface area contributed by atoms with Gasteiger partial charge in [-0.3, -0.25) is 19.6 Å². The number of amides is 1. The van der Waals surface area contributed by atoms with Gasteiger partial charge in [0.1, 0.15) is 0 Å². The van der Waals surface area contributed by atoms with Crippen molar-refractivity contribution in [3.8, 4) is 0 Å². The number of ether oxygens (including phenoxy) is 1. The monoisotopic (exact) mass is 541 g/mol. The summed E-state index contributed by atoms with van der Waals surface area (Å²) in [4.78, 5) is 35.8. The standard InChI is InChI=1S/C27H31N3O7S/c1-16-3-8-23(30(33)34)12-24(16)38(35,36)29-22-6-4-21(5-7-22)26(32)37-17(2)25(31)28-27-13-18-9-19(14-27)11-20(10-18)15-27/h3-8,12,17-20,29H,9-11,13-15H2,1-2H3,(H,28,31). The van der Waals surface area contributed by atoms with Gasteiger partial charge < -0.3 is 10.1 Å². The number of sulfonamides is 1. The first-order valence-corrected chi connectivity index (χ1v) is 14.3. The second kappa shape index (κ2) is 9.68. The Morgan fingerprint density at radius 3 is 2.16 bits per heavy atom. The summed E-state index contributed by atoms with van der Waals surface area (Å²) >= 11 is 0. The molecule has 202 valence electrons. The third-order valence-corrected chi connectivity index (χ3v) is 9.65. The van der Waals surface area contributed by atoms with Crippen LogP contribution in [0.1, 0.15) is 61.4 Å². The highest BCUT2D eigenvalue weighted by molar-refractivity contribution is 7.92. The molecule has 0 saturated heterocycles. The van der Waals surface area contributed by atoms with E-state index >= 15 is 0 Å². The molecule has 0 radical (unpaired) electrons. The van der Waals surface area contributed by atoms with Crippen LogP contribution in [0.3, 0.4) is 0 Å². The Balaban J connectivity index is 1.20. The fourth-order valence-corrected chi connectivity index (χ4v) is 8.11. The van der Waals surface area contributed by atoms with E-state index < -0.39 is 27.0 Å². The van der Waals surface area contributed by atoms with Gasteiger partial charge in [0, 0.05) is 23.4 Å². The molecule has 1 amide bonds. The van der Waals surface area contributed by atoms with E-state index in [1.807, 2.05) is 0 Å². The Hall–Kier alpha value is -3.47. The number of hydrogen-bond acceptors (Lipinski definition) is 7. The predicted octanol–water partition coefficient (Wildman–Crippen LogP) is 4.33. The molecular formula is C27H31N3O7S. The van der Waals surface area contributed by atoms with Crippen LogP contribution in [0.15, 0.2) is 47.4 Å². The quantitative estimate of drug-likeness (QED) is 0.287. The predicted molar refractivity (Wildman–Crippen MR) is 139 cm³/mol. The van der Waals surface area contributed by atoms with Crippen molar-refractivity contribution in [2.75, 3.05) is 4.72 Å². The van der Waals surface area contributed by atoms with Crippen LogP contribution in [0.2, 0.25) is 0 Å². The summed E-state index contributed by atoms with van der Waals surface area (Å²) in [5.74, 6) is 1.04. The summed E-state index contributed by atoms with van der Waals surface area (Å²) in [6.07, 6.45) is 5.81. The fourth-order valence-electron chi connectivity index (χ4n) is 6.79. The number of esters is 1. The summed E-state index contributed by atoms with van der Waals surface area (Å²) in [5, 5.41) is 14.3. The second-order valence-corrected chi connectivity index (χ2v) is 12.8. The third kappa shape index (κ3) is 5.24. The molecule has 0 spiro atoms. The molecule has 38 heavy (non-hydrogen) atoms. The zero-order valence-electron chi connectivity index (χ0n) is 21.3. The molecule has 0 heterocycles. The Bertz CT molecular complexity index is 1350. The molecule has 0 aromatic heterocycles. The van der Waals surface area contributed by atoms with E-state index in [0.29, 0.717) is 23.3 Å². The molecule has 4 aliphatic carbocycles. The van der Waals surface area contributed by atoms with Crippen molar-refractivity contribution in [1.29, 1.82) is 0 Å². The molecule has 1 unspecified atom stereocenters. The second-order valence-electron chi connectivity index (χ2n) is 11.1. The minimum absolute atomic E-state index is 0.161. The first-order chi connectivity index (χ1) is 17.9. The van der Waals surface area contributed by atoms with E-state index in [9.17, 15) is 28.1 Å². The highest BCUT2D eigenvalue weighted by Crippen LogP contribution is 2.55. The summed E-state index contributed by atoms with van der Waals surface area (Å²) in [6, 6.07) is 9.17. The van der Waals surface area contributed by atoms with E-state index in [4.69, 9.17) is 4.74 Å². The van der Waals surface area contributed by atoms with Gasteiger partial charge >= 0.3 is 5.97 Å². The number of aryl methyl sites for hydroxylation is 1. The molecular weight excluding hydrogens is 510 g/mol. The minimum Gasteiger partial charge on any atom is -0.449 e. The van der Waals surface area contributed by atoms with Gasteiger partial charge in [-0.25, -0.2) is 13.2 Å². The molecule has 0 aliphatic heterocycles. The van der Waals surface area contributed by atoms with Crippen molar-refractivity contribution in [1.82, 2.24) is 5.32 Å². The first kappa shape index (κ1) is 26.1. The van der Waals surface area contributed by atoms with Gasteiger partial charge in [0.25, 0.3) is 21.6 Å². The average molecular weight is 542 g/mol. The average Bonchev–Trinajstić information content (AvgIpc) is 2.83. The Kier molecular flexibility index (Phi) is 6.66. The number of benzene rings is 2. The lowest BCUT2D eigenvalue weighted by atomic mass is 9.53. The van der Waals surface area contributed by atoms with Crippen LogP contribution in [0.5, 0.6) is 0 Å². The Morgan fingerprint density at radius 1 is 1.03 bits per heavy atom. The van der Waals surface area contributed by atoms with Crippen molar-refractivity contribution in [3.05, 3.63) is 63.7 Å². The lowest BCUT2D eigenvalue weighted by Gasteiger charge is -2.57. The smallest absolute Gasteiger partial charge is 0.338 e. The first-order valence-electron chi connectivity index (χ1n) is 12.8. The largest absolute Gasteiger partial charge is 0.449 e. The molecule has 4 aliphatic rings. The normalized spacial score (nSPS) is 26.4. The molecule has 4 saturated carbocycles. The lowest BCUT2D eigenvalue weighted by Crippen LogP contribution is -2.61. The number of rotatable bonds is 8. The van der Waals surface area contributed by atoms with E-state index in [1.54, 1.807) is 6.92 Å². The molecule has 2 aromatic rings. The lowest BCUT2D eigenvalue weighted by molar-refractivity contribution is -0.385. The summed E-state index contributed by atoms with van der Waals surface area (Å²) in [5.41, 5.74) is 0.163. The summed E-state index contributed by atoms with van der Waals surface area (Å²) in [7, 11) is -4.11. The molecule has 4 fully saturated rings. The minimum atomic E-state index is -4.11. The Morgan fingerprint density at radius 2 is 1.61 bits per heavy atom. The molecule has 10 nitrogen and oxygen atoms in total. The zero-order chi connectivity index (χ0) is 27.2. The highest BCUT2D eigenvalue weighted by Gasteiger charge is 2.51. The van der Waals surface area contributed by atoms with Crippen LogP contribution >= 0.6 is 0 Å². The number of carbonyl (C=O) groups is 2. The van der Waals surface area contributed by atoms with Gasteiger partial charge in [0.05, 0.1) is 15.4 Å². The number of nitro benzene ring substituents is 1. The van der Waals surface area contributed by atoms with E-state index in [2.05, 4.69) is 10.0 Å². The molecule has 2 aromatic carbocycles. The van der Waals surface area contributed by atoms with Gasteiger partial charge in [-0.2, -0.15) is 0 Å². The number of nitrogens with one attached hydrogen (secondary N) is 2. The zero-order valence-corrected chi connectivity index (χ0v) is 22.1. The van der Waals surface area contributed by atoms with E-state index in [1.165, 1.54) is 62.6 Å². The molecule has 2 N–H and O–H groups in total. The fraction of sp³-hybridized carbons (Fsp3) is 0.481. The summed E-state index contributed by atoms with van der Waals surface area (Å²) < 4.78 is 33.4. The van der Waals surface area contributed by atoms with Crippen molar-refractivity contribution in [2.24, 2.45) is 17.8 Å². The topological polar surface area (TPSA) is 145 Å². The van der Waals surface area contributed by atoms with E-state index in [-0.39, 0.29) is 33.3 Å².